The summed E-state index contributed by atoms with van der Waals surface area (Å²) >= 11 is 3.35. The standard InChI is InChI=1S/C17H12BrN3O2/c18-11-5-7-12(8-6-11)21-16(22)9-15(17(21)23)20-10-19-13-3-1-2-4-14(13)20/h1-8,10,15H,9H2/t15-/m1/s1. The summed E-state index contributed by atoms with van der Waals surface area (Å²) in [5, 5.41) is 0. The van der Waals surface area contributed by atoms with E-state index in [4.69, 9.17) is 0 Å². The summed E-state index contributed by atoms with van der Waals surface area (Å²) in [7, 11) is 0. The molecule has 2 amide bonds. The van der Waals surface area contributed by atoms with Crippen molar-refractivity contribution in [3.8, 4) is 0 Å². The van der Waals surface area contributed by atoms with Crippen LogP contribution in [0, 0.1) is 0 Å². The molecule has 4 rings (SSSR count). The maximum atomic E-state index is 12.8. The Labute approximate surface area is 140 Å². The lowest BCUT2D eigenvalue weighted by Crippen LogP contribution is -2.30. The van der Waals surface area contributed by atoms with Crippen LogP contribution in [0.2, 0.25) is 0 Å². The Kier molecular flexibility index (Phi) is 3.27. The summed E-state index contributed by atoms with van der Waals surface area (Å²) in [5.41, 5.74) is 2.27. The monoisotopic (exact) mass is 369 g/mol. The van der Waals surface area contributed by atoms with Crippen LogP contribution in [0.25, 0.3) is 11.0 Å². The van der Waals surface area contributed by atoms with E-state index in [1.54, 1.807) is 23.0 Å². The fraction of sp³-hybridized carbons (Fsp3) is 0.118. The zero-order chi connectivity index (χ0) is 16.0. The number of para-hydroxylation sites is 2. The molecule has 114 valence electrons. The van der Waals surface area contributed by atoms with Gasteiger partial charge in [-0.05, 0) is 36.4 Å². The van der Waals surface area contributed by atoms with Crippen LogP contribution in [0.5, 0.6) is 0 Å². The van der Waals surface area contributed by atoms with Crippen molar-refractivity contribution in [2.45, 2.75) is 12.5 Å². The van der Waals surface area contributed by atoms with E-state index in [9.17, 15) is 9.59 Å². The number of hydrogen-bond donors (Lipinski definition) is 0. The predicted octanol–water partition coefficient (Wildman–Crippen LogP) is 3.30. The molecule has 3 aromatic rings. The Hall–Kier alpha value is -2.47. The number of carbonyl (C=O) groups excluding carboxylic acids is 2. The molecule has 1 aromatic heterocycles. The van der Waals surface area contributed by atoms with Gasteiger partial charge in [-0.2, -0.15) is 0 Å². The van der Waals surface area contributed by atoms with E-state index in [1.165, 1.54) is 4.90 Å². The number of aromatic nitrogens is 2. The molecule has 0 radical (unpaired) electrons. The number of benzene rings is 2. The highest BCUT2D eigenvalue weighted by atomic mass is 79.9. The highest BCUT2D eigenvalue weighted by Gasteiger charge is 2.41. The third-order valence-electron chi connectivity index (χ3n) is 4.02. The van der Waals surface area contributed by atoms with Crippen molar-refractivity contribution in [2.24, 2.45) is 0 Å². The molecule has 0 saturated carbocycles. The summed E-state index contributed by atoms with van der Waals surface area (Å²) in [6.07, 6.45) is 1.78. The average molecular weight is 370 g/mol. The van der Waals surface area contributed by atoms with E-state index in [2.05, 4.69) is 20.9 Å². The summed E-state index contributed by atoms with van der Waals surface area (Å²) in [6.45, 7) is 0. The number of imide groups is 1. The zero-order valence-electron chi connectivity index (χ0n) is 12.0. The van der Waals surface area contributed by atoms with Gasteiger partial charge in [-0.1, -0.05) is 28.1 Å². The van der Waals surface area contributed by atoms with Crippen molar-refractivity contribution >= 4 is 44.5 Å². The van der Waals surface area contributed by atoms with Gasteiger partial charge in [-0.3, -0.25) is 9.59 Å². The smallest absolute Gasteiger partial charge is 0.257 e. The Balaban J connectivity index is 1.74. The number of carbonyl (C=O) groups is 2. The minimum absolute atomic E-state index is 0.148. The quantitative estimate of drug-likeness (QED) is 0.651. The third kappa shape index (κ3) is 2.26. The Morgan fingerprint density at radius 2 is 1.78 bits per heavy atom. The molecule has 1 aliphatic rings. The van der Waals surface area contributed by atoms with Crippen molar-refractivity contribution in [2.75, 3.05) is 4.90 Å². The molecule has 0 aliphatic carbocycles. The second-order valence-electron chi connectivity index (χ2n) is 5.40. The molecule has 0 N–H and O–H groups in total. The molecular weight excluding hydrogens is 358 g/mol. The SMILES string of the molecule is O=C1C[C@@H](n2cnc3ccccc32)C(=O)N1c1ccc(Br)cc1. The van der Waals surface area contributed by atoms with Gasteiger partial charge < -0.3 is 4.57 Å². The number of nitrogens with zero attached hydrogens (tertiary/aromatic N) is 3. The third-order valence-corrected chi connectivity index (χ3v) is 4.55. The average Bonchev–Trinajstić information content (AvgIpc) is 3.10. The number of imidazole rings is 1. The van der Waals surface area contributed by atoms with Crippen LogP contribution in [-0.4, -0.2) is 21.4 Å². The first-order valence-corrected chi connectivity index (χ1v) is 7.98. The highest BCUT2D eigenvalue weighted by molar-refractivity contribution is 9.10. The fourth-order valence-corrected chi connectivity index (χ4v) is 3.19. The molecule has 5 nitrogen and oxygen atoms in total. The first-order valence-electron chi connectivity index (χ1n) is 7.19. The highest BCUT2D eigenvalue weighted by Crippen LogP contribution is 2.32. The number of hydrogen-bond acceptors (Lipinski definition) is 3. The number of rotatable bonds is 2. The number of fused-ring (bicyclic) bond motifs is 1. The Morgan fingerprint density at radius 1 is 1.04 bits per heavy atom. The van der Waals surface area contributed by atoms with E-state index in [0.717, 1.165) is 15.5 Å². The number of anilines is 1. The molecule has 2 aromatic carbocycles. The number of amides is 2. The van der Waals surface area contributed by atoms with Crippen LogP contribution in [0.15, 0.2) is 59.3 Å². The van der Waals surface area contributed by atoms with Crippen molar-refractivity contribution in [3.05, 3.63) is 59.3 Å². The lowest BCUT2D eigenvalue weighted by atomic mass is 10.2. The van der Waals surface area contributed by atoms with Gasteiger partial charge in [0.25, 0.3) is 5.91 Å². The fourth-order valence-electron chi connectivity index (χ4n) is 2.92. The maximum Gasteiger partial charge on any atom is 0.257 e. The van der Waals surface area contributed by atoms with Crippen LogP contribution >= 0.6 is 15.9 Å². The lowest BCUT2D eigenvalue weighted by molar-refractivity contribution is -0.122. The minimum Gasteiger partial charge on any atom is -0.317 e. The van der Waals surface area contributed by atoms with Crippen LogP contribution in [0.3, 0.4) is 0 Å². The van der Waals surface area contributed by atoms with Gasteiger partial charge in [-0.25, -0.2) is 9.88 Å². The second kappa shape index (κ2) is 5.31. The van der Waals surface area contributed by atoms with Crippen LogP contribution < -0.4 is 4.90 Å². The normalized spacial score (nSPS) is 18.1. The molecule has 23 heavy (non-hydrogen) atoms. The molecule has 2 heterocycles. The Morgan fingerprint density at radius 3 is 2.57 bits per heavy atom. The Bertz CT molecular complexity index is 917. The number of halogens is 1. The van der Waals surface area contributed by atoms with Crippen molar-refractivity contribution in [3.63, 3.8) is 0 Å². The first kappa shape index (κ1) is 14.1. The minimum atomic E-state index is -0.543. The summed E-state index contributed by atoms with van der Waals surface area (Å²) in [6, 6.07) is 14.2. The molecule has 1 fully saturated rings. The van der Waals surface area contributed by atoms with Crippen LogP contribution in [0.1, 0.15) is 12.5 Å². The maximum absolute atomic E-state index is 12.8. The van der Waals surface area contributed by atoms with E-state index >= 15 is 0 Å². The molecule has 0 spiro atoms. The van der Waals surface area contributed by atoms with Gasteiger partial charge in [0.15, 0.2) is 0 Å². The van der Waals surface area contributed by atoms with Gasteiger partial charge in [0.2, 0.25) is 5.91 Å². The van der Waals surface area contributed by atoms with Gasteiger partial charge in [-0.15, -0.1) is 0 Å². The lowest BCUT2D eigenvalue weighted by Gasteiger charge is -2.16. The van der Waals surface area contributed by atoms with Crippen LogP contribution in [0.4, 0.5) is 5.69 Å². The summed E-state index contributed by atoms with van der Waals surface area (Å²) in [4.78, 5) is 30.7. The molecular formula is C17H12BrN3O2. The van der Waals surface area contributed by atoms with Crippen LogP contribution in [-0.2, 0) is 9.59 Å². The molecule has 1 atom stereocenters. The van der Waals surface area contributed by atoms with E-state index in [0.29, 0.717) is 5.69 Å². The van der Waals surface area contributed by atoms with E-state index in [-0.39, 0.29) is 18.2 Å². The first-order chi connectivity index (χ1) is 11.1. The summed E-state index contributed by atoms with van der Waals surface area (Å²) < 4.78 is 2.69. The molecule has 6 heteroatoms. The van der Waals surface area contributed by atoms with Gasteiger partial charge >= 0.3 is 0 Å². The van der Waals surface area contributed by atoms with Crippen molar-refractivity contribution in [1.29, 1.82) is 0 Å². The van der Waals surface area contributed by atoms with Gasteiger partial charge in [0, 0.05) is 4.47 Å². The van der Waals surface area contributed by atoms with E-state index in [1.807, 2.05) is 36.4 Å². The second-order valence-corrected chi connectivity index (χ2v) is 6.32. The largest absolute Gasteiger partial charge is 0.317 e. The molecule has 1 aliphatic heterocycles. The topological polar surface area (TPSA) is 55.2 Å². The van der Waals surface area contributed by atoms with Gasteiger partial charge in [0.05, 0.1) is 29.5 Å². The summed E-state index contributed by atoms with van der Waals surface area (Å²) in [5.74, 6) is -0.416. The predicted molar refractivity (Wildman–Crippen MR) is 90.0 cm³/mol. The molecule has 0 unspecified atom stereocenters. The zero-order valence-corrected chi connectivity index (χ0v) is 13.6. The molecule has 0 bridgehead atoms. The van der Waals surface area contributed by atoms with Crippen molar-refractivity contribution in [1.82, 2.24) is 9.55 Å². The van der Waals surface area contributed by atoms with Crippen molar-refractivity contribution < 1.29 is 9.59 Å². The van der Waals surface area contributed by atoms with E-state index < -0.39 is 6.04 Å². The van der Waals surface area contributed by atoms with Gasteiger partial charge in [0.1, 0.15) is 6.04 Å². The molecule has 1 saturated heterocycles.